The highest BCUT2D eigenvalue weighted by Gasteiger charge is 2.38. The molecule has 1 aliphatic rings. The second kappa shape index (κ2) is 3.87. The minimum Gasteiger partial charge on any atom is -0.436 e. The maximum Gasteiger partial charge on any atom is 0.304 e. The number of rotatable bonds is 2. The summed E-state index contributed by atoms with van der Waals surface area (Å²) in [6.45, 7) is 5.07. The van der Waals surface area contributed by atoms with Gasteiger partial charge in [-0.05, 0) is 6.92 Å². The van der Waals surface area contributed by atoms with E-state index in [1.165, 1.54) is 13.8 Å². The van der Waals surface area contributed by atoms with E-state index in [1.54, 1.807) is 0 Å². The third kappa shape index (κ3) is 2.28. The van der Waals surface area contributed by atoms with Crippen LogP contribution in [0.1, 0.15) is 20.8 Å². The van der Waals surface area contributed by atoms with Crippen molar-refractivity contribution in [1.82, 2.24) is 0 Å². The van der Waals surface area contributed by atoms with E-state index in [9.17, 15) is 9.59 Å². The highest BCUT2D eigenvalue weighted by Crippen LogP contribution is 2.28. The number of hydrogen-bond acceptors (Lipinski definition) is 4. The number of carbonyl (C=O) groups is 2. The summed E-state index contributed by atoms with van der Waals surface area (Å²) in [6, 6.07) is 0. The summed E-state index contributed by atoms with van der Waals surface area (Å²) in [5.41, 5.74) is 0. The van der Waals surface area contributed by atoms with Gasteiger partial charge in [0.05, 0.1) is 6.61 Å². The third-order valence-corrected chi connectivity index (χ3v) is 2.31. The van der Waals surface area contributed by atoms with Crippen molar-refractivity contribution in [3.8, 4) is 0 Å². The predicted octanol–water partition coefficient (Wildman–Crippen LogP) is 0.747. The maximum absolute atomic E-state index is 11.1. The smallest absolute Gasteiger partial charge is 0.304 e. The lowest BCUT2D eigenvalue weighted by molar-refractivity contribution is -0.172. The Morgan fingerprint density at radius 3 is 2.38 bits per heavy atom. The van der Waals surface area contributed by atoms with Gasteiger partial charge < -0.3 is 9.47 Å². The second-order valence-corrected chi connectivity index (χ2v) is 3.39. The summed E-state index contributed by atoms with van der Waals surface area (Å²) in [5, 5.41) is 0. The number of hydrogen-bond donors (Lipinski definition) is 0. The molecular weight excluding hydrogens is 172 g/mol. The molecule has 0 N–H and O–H groups in total. The van der Waals surface area contributed by atoms with Crippen LogP contribution >= 0.6 is 0 Å². The minimum atomic E-state index is -0.550. The molecule has 0 spiro atoms. The fourth-order valence-corrected chi connectivity index (χ4v) is 1.48. The molecular formula is C9H14O4. The zero-order valence-corrected chi connectivity index (χ0v) is 8.07. The molecule has 0 aromatic heterocycles. The van der Waals surface area contributed by atoms with Crippen LogP contribution in [0.4, 0.5) is 0 Å². The first-order chi connectivity index (χ1) is 6.02. The van der Waals surface area contributed by atoms with Gasteiger partial charge in [-0.3, -0.25) is 9.59 Å². The number of esters is 1. The average molecular weight is 186 g/mol. The molecule has 1 rings (SSSR count). The molecule has 1 fully saturated rings. The van der Waals surface area contributed by atoms with Crippen molar-refractivity contribution >= 4 is 11.8 Å². The van der Waals surface area contributed by atoms with Gasteiger partial charge in [0.1, 0.15) is 5.78 Å². The molecule has 74 valence electrons. The highest BCUT2D eigenvalue weighted by molar-refractivity contribution is 5.79. The third-order valence-electron chi connectivity index (χ3n) is 2.31. The van der Waals surface area contributed by atoms with E-state index in [-0.39, 0.29) is 23.6 Å². The topological polar surface area (TPSA) is 52.6 Å². The van der Waals surface area contributed by atoms with Gasteiger partial charge in [-0.15, -0.1) is 0 Å². The molecule has 0 amide bonds. The first-order valence-electron chi connectivity index (χ1n) is 4.31. The Bertz CT molecular complexity index is 224. The highest BCUT2D eigenvalue weighted by atomic mass is 16.7. The van der Waals surface area contributed by atoms with Crippen LogP contribution in [-0.2, 0) is 19.1 Å². The molecule has 0 unspecified atom stereocenters. The SMILES string of the molecule is CC(=O)O[C@H]1OC[C@@H](C(C)=O)[C@@H]1C. The Hall–Kier alpha value is -0.900. The predicted molar refractivity (Wildman–Crippen MR) is 44.8 cm³/mol. The first-order valence-corrected chi connectivity index (χ1v) is 4.31. The van der Waals surface area contributed by atoms with Crippen LogP contribution < -0.4 is 0 Å². The van der Waals surface area contributed by atoms with Crippen LogP contribution in [0.2, 0.25) is 0 Å². The van der Waals surface area contributed by atoms with Crippen molar-refractivity contribution in [3.63, 3.8) is 0 Å². The molecule has 13 heavy (non-hydrogen) atoms. The van der Waals surface area contributed by atoms with Gasteiger partial charge in [0, 0.05) is 18.8 Å². The van der Waals surface area contributed by atoms with Gasteiger partial charge >= 0.3 is 5.97 Å². The first kappa shape index (κ1) is 10.2. The minimum absolute atomic E-state index is 0.0404. The molecule has 0 aromatic carbocycles. The van der Waals surface area contributed by atoms with Crippen molar-refractivity contribution in [2.45, 2.75) is 27.1 Å². The van der Waals surface area contributed by atoms with E-state index >= 15 is 0 Å². The normalized spacial score (nSPS) is 33.0. The molecule has 0 aliphatic carbocycles. The molecule has 3 atom stereocenters. The van der Waals surface area contributed by atoms with Crippen molar-refractivity contribution in [1.29, 1.82) is 0 Å². The number of ether oxygens (including phenoxy) is 2. The zero-order chi connectivity index (χ0) is 10.0. The molecule has 0 saturated carbocycles. The molecule has 0 bridgehead atoms. The number of Topliss-reactive ketones (excluding diaryl/α,β-unsaturated/α-hetero) is 1. The Morgan fingerprint density at radius 1 is 1.38 bits per heavy atom. The maximum atomic E-state index is 11.1. The fourth-order valence-electron chi connectivity index (χ4n) is 1.48. The van der Waals surface area contributed by atoms with Gasteiger partial charge in [-0.25, -0.2) is 0 Å². The lowest BCUT2D eigenvalue weighted by atomic mass is 9.93. The largest absolute Gasteiger partial charge is 0.436 e. The van der Waals surface area contributed by atoms with E-state index < -0.39 is 6.29 Å². The molecule has 4 heteroatoms. The van der Waals surface area contributed by atoms with Crippen molar-refractivity contribution in [2.75, 3.05) is 6.61 Å². The monoisotopic (exact) mass is 186 g/mol. The number of ketones is 1. The summed E-state index contributed by atoms with van der Waals surface area (Å²) in [5.74, 6) is -0.464. The van der Waals surface area contributed by atoms with Crippen LogP contribution in [-0.4, -0.2) is 24.6 Å². The van der Waals surface area contributed by atoms with Crippen LogP contribution in [0, 0.1) is 11.8 Å². The molecule has 0 aromatic rings. The molecule has 1 aliphatic heterocycles. The Kier molecular flexibility index (Phi) is 3.03. The van der Waals surface area contributed by atoms with Crippen molar-refractivity contribution < 1.29 is 19.1 Å². The van der Waals surface area contributed by atoms with Gasteiger partial charge in [0.25, 0.3) is 0 Å². The summed E-state index contributed by atoms with van der Waals surface area (Å²) in [7, 11) is 0. The molecule has 1 heterocycles. The van der Waals surface area contributed by atoms with Crippen molar-refractivity contribution in [3.05, 3.63) is 0 Å². The van der Waals surface area contributed by atoms with E-state index in [1.807, 2.05) is 6.92 Å². The fraction of sp³-hybridized carbons (Fsp3) is 0.778. The van der Waals surface area contributed by atoms with E-state index in [0.717, 1.165) is 0 Å². The Labute approximate surface area is 77.2 Å². The molecule has 0 radical (unpaired) electrons. The van der Waals surface area contributed by atoms with Gasteiger partial charge in [0.15, 0.2) is 0 Å². The lowest BCUT2D eigenvalue weighted by Crippen LogP contribution is -2.25. The van der Waals surface area contributed by atoms with Crippen LogP contribution in [0.15, 0.2) is 0 Å². The summed E-state index contributed by atoms with van der Waals surface area (Å²) in [6.07, 6.45) is -0.550. The van der Waals surface area contributed by atoms with Gasteiger partial charge in [0.2, 0.25) is 6.29 Å². The average Bonchev–Trinajstić information content (AvgIpc) is 2.32. The van der Waals surface area contributed by atoms with Crippen LogP contribution in [0.5, 0.6) is 0 Å². The second-order valence-electron chi connectivity index (χ2n) is 3.39. The molecule has 4 nitrogen and oxygen atoms in total. The Morgan fingerprint density at radius 2 is 2.00 bits per heavy atom. The standard InChI is InChI=1S/C9H14O4/c1-5-8(6(2)10)4-12-9(5)13-7(3)11/h5,8-9H,4H2,1-3H3/t5-,8+,9+/m0/s1. The van der Waals surface area contributed by atoms with E-state index in [2.05, 4.69) is 0 Å². The van der Waals surface area contributed by atoms with Crippen LogP contribution in [0.25, 0.3) is 0 Å². The quantitative estimate of drug-likeness (QED) is 0.597. The lowest BCUT2D eigenvalue weighted by Gasteiger charge is -2.15. The van der Waals surface area contributed by atoms with Gasteiger partial charge in [-0.2, -0.15) is 0 Å². The van der Waals surface area contributed by atoms with Gasteiger partial charge in [-0.1, -0.05) is 6.92 Å². The summed E-state index contributed by atoms with van der Waals surface area (Å²) >= 11 is 0. The summed E-state index contributed by atoms with van der Waals surface area (Å²) in [4.78, 5) is 21.7. The van der Waals surface area contributed by atoms with E-state index in [4.69, 9.17) is 9.47 Å². The van der Waals surface area contributed by atoms with Crippen LogP contribution in [0.3, 0.4) is 0 Å². The van der Waals surface area contributed by atoms with Crippen molar-refractivity contribution in [2.24, 2.45) is 11.8 Å². The Balaban J connectivity index is 2.54. The zero-order valence-electron chi connectivity index (χ0n) is 8.07. The number of carbonyl (C=O) groups excluding carboxylic acids is 2. The van der Waals surface area contributed by atoms with E-state index in [0.29, 0.717) is 6.61 Å². The molecule has 1 saturated heterocycles. The summed E-state index contributed by atoms with van der Waals surface area (Å²) < 4.78 is 10.1.